The number of hydrogen-bond acceptors (Lipinski definition) is 4. The number of carbonyl (C=O) groups excluding carboxylic acids is 1. The number of anilines is 1. The van der Waals surface area contributed by atoms with Crippen LogP contribution >= 0.6 is 11.8 Å². The van der Waals surface area contributed by atoms with Gasteiger partial charge in [-0.1, -0.05) is 12.1 Å². The third kappa shape index (κ3) is 7.34. The Morgan fingerprint density at radius 3 is 2.78 bits per heavy atom. The van der Waals surface area contributed by atoms with Crippen molar-refractivity contribution >= 4 is 29.3 Å². The van der Waals surface area contributed by atoms with E-state index in [1.54, 1.807) is 30.2 Å². The fraction of sp³-hybridized carbons (Fsp3) is 0.421. The summed E-state index contributed by atoms with van der Waals surface area (Å²) in [6, 6.07) is 9.55. The zero-order chi connectivity index (χ0) is 19.7. The van der Waals surface area contributed by atoms with Crippen molar-refractivity contribution in [3.05, 3.63) is 48.3 Å². The van der Waals surface area contributed by atoms with Crippen molar-refractivity contribution in [3.8, 4) is 0 Å². The standard InChI is InChI=1S/C19H28N6OS/c1-19(2,27-4)14-22-18(20-3)21-12-15-7-5-8-16(11-15)24-17(26)13-25-10-6-9-23-25/h5-11H,12-14H2,1-4H3,(H,24,26)(H2,20,21,22). The quantitative estimate of drug-likeness (QED) is 0.478. The van der Waals surface area contributed by atoms with Crippen molar-refractivity contribution in [1.82, 2.24) is 20.4 Å². The number of hydrogen-bond donors (Lipinski definition) is 3. The van der Waals surface area contributed by atoms with Gasteiger partial charge in [0.2, 0.25) is 5.91 Å². The van der Waals surface area contributed by atoms with E-state index in [4.69, 9.17) is 0 Å². The highest BCUT2D eigenvalue weighted by atomic mass is 32.2. The second-order valence-electron chi connectivity index (χ2n) is 6.70. The molecule has 0 spiro atoms. The first kappa shape index (κ1) is 20.8. The Kier molecular flexibility index (Phi) is 7.72. The second kappa shape index (κ2) is 10.0. The predicted molar refractivity (Wildman–Crippen MR) is 113 cm³/mol. The minimum atomic E-state index is -0.111. The fourth-order valence-corrected chi connectivity index (χ4v) is 2.49. The maximum Gasteiger partial charge on any atom is 0.246 e. The Labute approximate surface area is 165 Å². The van der Waals surface area contributed by atoms with Crippen LogP contribution in [0.3, 0.4) is 0 Å². The lowest BCUT2D eigenvalue weighted by atomic mass is 10.2. The van der Waals surface area contributed by atoms with Gasteiger partial charge >= 0.3 is 0 Å². The van der Waals surface area contributed by atoms with Gasteiger partial charge in [-0.15, -0.1) is 0 Å². The van der Waals surface area contributed by atoms with Gasteiger partial charge in [-0.05, 0) is 43.9 Å². The zero-order valence-corrected chi connectivity index (χ0v) is 17.1. The molecule has 146 valence electrons. The third-order valence-electron chi connectivity index (χ3n) is 3.99. The zero-order valence-electron chi connectivity index (χ0n) is 16.3. The van der Waals surface area contributed by atoms with Crippen LogP contribution in [0.5, 0.6) is 0 Å². The summed E-state index contributed by atoms with van der Waals surface area (Å²) < 4.78 is 1.73. The van der Waals surface area contributed by atoms with Gasteiger partial charge in [-0.25, -0.2) is 0 Å². The van der Waals surface area contributed by atoms with Crippen molar-refractivity contribution in [2.24, 2.45) is 4.99 Å². The minimum absolute atomic E-state index is 0.111. The Balaban J connectivity index is 1.86. The molecule has 1 amide bonds. The van der Waals surface area contributed by atoms with Crippen LogP contribution in [0, 0.1) is 0 Å². The summed E-state index contributed by atoms with van der Waals surface area (Å²) in [5.74, 6) is 0.644. The molecule has 0 unspecified atom stereocenters. The van der Waals surface area contributed by atoms with Gasteiger partial charge in [0.05, 0.1) is 0 Å². The van der Waals surface area contributed by atoms with Gasteiger partial charge in [0, 0.05) is 43.0 Å². The molecular formula is C19H28N6OS. The molecule has 0 aliphatic carbocycles. The highest BCUT2D eigenvalue weighted by Crippen LogP contribution is 2.19. The molecule has 0 aliphatic heterocycles. The van der Waals surface area contributed by atoms with Crippen LogP contribution in [-0.4, -0.2) is 46.2 Å². The van der Waals surface area contributed by atoms with Crippen molar-refractivity contribution in [2.75, 3.05) is 25.2 Å². The molecule has 7 nitrogen and oxygen atoms in total. The highest BCUT2D eigenvalue weighted by molar-refractivity contribution is 7.99. The molecule has 3 N–H and O–H groups in total. The van der Waals surface area contributed by atoms with Crippen LogP contribution in [0.2, 0.25) is 0 Å². The van der Waals surface area contributed by atoms with Crippen molar-refractivity contribution in [1.29, 1.82) is 0 Å². The Hall–Kier alpha value is -2.48. The molecule has 1 aromatic heterocycles. The number of benzene rings is 1. The molecule has 27 heavy (non-hydrogen) atoms. The number of guanidine groups is 1. The van der Waals surface area contributed by atoms with Crippen molar-refractivity contribution in [3.63, 3.8) is 0 Å². The Morgan fingerprint density at radius 1 is 1.30 bits per heavy atom. The third-order valence-corrected chi connectivity index (χ3v) is 5.24. The molecule has 2 aromatic rings. The lowest BCUT2D eigenvalue weighted by molar-refractivity contribution is -0.116. The molecule has 8 heteroatoms. The minimum Gasteiger partial charge on any atom is -0.355 e. The van der Waals surface area contributed by atoms with Gasteiger partial charge in [0.25, 0.3) is 0 Å². The first-order valence-corrected chi connectivity index (χ1v) is 10.0. The van der Waals surface area contributed by atoms with Crippen LogP contribution in [0.1, 0.15) is 19.4 Å². The summed E-state index contributed by atoms with van der Waals surface area (Å²) in [4.78, 5) is 16.4. The summed E-state index contributed by atoms with van der Waals surface area (Å²) in [5, 5.41) is 13.6. The highest BCUT2D eigenvalue weighted by Gasteiger charge is 2.16. The normalized spacial score (nSPS) is 11.9. The van der Waals surface area contributed by atoms with E-state index in [1.807, 2.05) is 36.0 Å². The SMILES string of the molecule is CN=C(NCc1cccc(NC(=O)Cn2cccn2)c1)NCC(C)(C)SC. The van der Waals surface area contributed by atoms with Crippen LogP contribution in [0.15, 0.2) is 47.7 Å². The van der Waals surface area contributed by atoms with E-state index in [2.05, 4.69) is 46.1 Å². The summed E-state index contributed by atoms with van der Waals surface area (Å²) in [6.07, 6.45) is 5.52. The molecule has 0 radical (unpaired) electrons. The van der Waals surface area contributed by atoms with Gasteiger partial charge in [-0.2, -0.15) is 16.9 Å². The van der Waals surface area contributed by atoms with Gasteiger partial charge in [0.1, 0.15) is 6.54 Å². The summed E-state index contributed by atoms with van der Waals surface area (Å²) in [6.45, 7) is 6.00. The number of rotatable bonds is 8. The Bertz CT molecular complexity index is 757. The average molecular weight is 389 g/mol. The molecule has 0 fully saturated rings. The lowest BCUT2D eigenvalue weighted by Crippen LogP contribution is -2.42. The van der Waals surface area contributed by atoms with Crippen molar-refractivity contribution in [2.45, 2.75) is 31.7 Å². The lowest BCUT2D eigenvalue weighted by Gasteiger charge is -2.23. The molecule has 0 atom stereocenters. The van der Waals surface area contributed by atoms with E-state index in [0.717, 1.165) is 23.8 Å². The number of nitrogens with zero attached hydrogens (tertiary/aromatic N) is 3. The molecule has 1 heterocycles. The van der Waals surface area contributed by atoms with E-state index < -0.39 is 0 Å². The topological polar surface area (TPSA) is 83.3 Å². The predicted octanol–water partition coefficient (Wildman–Crippen LogP) is 2.33. The summed E-state index contributed by atoms with van der Waals surface area (Å²) in [5.41, 5.74) is 1.82. The van der Waals surface area contributed by atoms with Crippen LogP contribution < -0.4 is 16.0 Å². The van der Waals surface area contributed by atoms with Gasteiger partial charge < -0.3 is 16.0 Å². The van der Waals surface area contributed by atoms with Crippen molar-refractivity contribution < 1.29 is 4.79 Å². The van der Waals surface area contributed by atoms with Crippen LogP contribution in [0.4, 0.5) is 5.69 Å². The number of amides is 1. The fourth-order valence-electron chi connectivity index (χ4n) is 2.28. The number of nitrogens with one attached hydrogen (secondary N) is 3. The number of thioether (sulfide) groups is 1. The van der Waals surface area contributed by atoms with Gasteiger partial charge in [-0.3, -0.25) is 14.5 Å². The van der Waals surface area contributed by atoms with E-state index in [9.17, 15) is 4.79 Å². The number of aromatic nitrogens is 2. The van der Waals surface area contributed by atoms with Gasteiger partial charge in [0.15, 0.2) is 5.96 Å². The Morgan fingerprint density at radius 2 is 2.11 bits per heavy atom. The number of carbonyl (C=O) groups is 1. The molecule has 0 bridgehead atoms. The van der Waals surface area contributed by atoms with Crippen LogP contribution in [0.25, 0.3) is 0 Å². The maximum absolute atomic E-state index is 12.1. The van der Waals surface area contributed by atoms with E-state index in [-0.39, 0.29) is 17.2 Å². The maximum atomic E-state index is 12.1. The molecule has 1 aromatic carbocycles. The molecule has 0 aliphatic rings. The monoisotopic (exact) mass is 388 g/mol. The average Bonchev–Trinajstić information content (AvgIpc) is 3.15. The van der Waals surface area contributed by atoms with Crippen LogP contribution in [-0.2, 0) is 17.9 Å². The second-order valence-corrected chi connectivity index (χ2v) is 8.21. The summed E-state index contributed by atoms with van der Waals surface area (Å²) in [7, 11) is 1.76. The molecular weight excluding hydrogens is 360 g/mol. The smallest absolute Gasteiger partial charge is 0.246 e. The molecule has 0 saturated heterocycles. The van der Waals surface area contributed by atoms with E-state index in [0.29, 0.717) is 6.54 Å². The number of aliphatic imine (C=N–C) groups is 1. The molecule has 0 saturated carbocycles. The largest absolute Gasteiger partial charge is 0.355 e. The van der Waals surface area contributed by atoms with E-state index >= 15 is 0 Å². The first-order chi connectivity index (χ1) is 12.9. The summed E-state index contributed by atoms with van der Waals surface area (Å²) >= 11 is 1.81. The molecule has 2 rings (SSSR count). The first-order valence-electron chi connectivity index (χ1n) is 8.78. The van der Waals surface area contributed by atoms with E-state index in [1.165, 1.54) is 0 Å².